The number of nitrogens with two attached hydrogens (primary N) is 1. The summed E-state index contributed by atoms with van der Waals surface area (Å²) in [4.78, 5) is 16.8. The predicted molar refractivity (Wildman–Crippen MR) is 90.9 cm³/mol. The van der Waals surface area contributed by atoms with Crippen LogP contribution < -0.4 is 16.4 Å². The molecule has 1 aromatic carbocycles. The van der Waals surface area contributed by atoms with E-state index in [2.05, 4.69) is 27.1 Å². The largest absolute Gasteiger partial charge is 0.366 e. The van der Waals surface area contributed by atoms with Gasteiger partial charge in [-0.3, -0.25) is 4.79 Å². The quantitative estimate of drug-likeness (QED) is 0.564. The lowest BCUT2D eigenvalue weighted by Gasteiger charge is -2.10. The van der Waals surface area contributed by atoms with Crippen molar-refractivity contribution in [1.82, 2.24) is 10.6 Å². The Hall–Kier alpha value is -2.34. The third-order valence-corrected chi connectivity index (χ3v) is 3.89. The van der Waals surface area contributed by atoms with Gasteiger partial charge in [0.2, 0.25) is 5.91 Å². The third kappa shape index (κ3) is 4.89. The van der Waals surface area contributed by atoms with Gasteiger partial charge in [-0.1, -0.05) is 18.2 Å². The Labute approximate surface area is 134 Å². The standard InChI is InChI=1S/C16H20N4OS/c1-2-18-16(20-11-14-4-3-9-22-14)19-10-12-5-7-13(8-6-12)15(17)21/h3-9H,2,10-11H2,1H3,(H2,17,21)(H2,18,19,20). The maximum absolute atomic E-state index is 11.0. The highest BCUT2D eigenvalue weighted by Crippen LogP contribution is 2.08. The van der Waals surface area contributed by atoms with Crippen LogP contribution in [0.25, 0.3) is 0 Å². The zero-order chi connectivity index (χ0) is 15.8. The molecule has 0 saturated carbocycles. The van der Waals surface area contributed by atoms with Gasteiger partial charge in [0.05, 0.1) is 13.1 Å². The maximum Gasteiger partial charge on any atom is 0.248 e. The number of thiophene rings is 1. The molecule has 2 aromatic rings. The predicted octanol–water partition coefficient (Wildman–Crippen LogP) is 2.10. The minimum absolute atomic E-state index is 0.416. The molecule has 0 fully saturated rings. The second-order valence-corrected chi connectivity index (χ2v) is 5.72. The lowest BCUT2D eigenvalue weighted by molar-refractivity contribution is 0.100. The molecule has 1 heterocycles. The van der Waals surface area contributed by atoms with Crippen LogP contribution in [-0.2, 0) is 13.1 Å². The van der Waals surface area contributed by atoms with E-state index in [0.717, 1.165) is 24.6 Å². The number of carbonyl (C=O) groups excluding carboxylic acids is 1. The van der Waals surface area contributed by atoms with E-state index in [0.29, 0.717) is 12.1 Å². The van der Waals surface area contributed by atoms with Crippen molar-refractivity contribution in [2.75, 3.05) is 6.54 Å². The van der Waals surface area contributed by atoms with E-state index in [4.69, 9.17) is 5.73 Å². The summed E-state index contributed by atoms with van der Waals surface area (Å²) in [6, 6.07) is 11.3. The van der Waals surface area contributed by atoms with Crippen LogP contribution in [0.4, 0.5) is 0 Å². The number of carbonyl (C=O) groups is 1. The topological polar surface area (TPSA) is 79.5 Å². The molecule has 116 valence electrons. The normalized spacial score (nSPS) is 11.2. The van der Waals surface area contributed by atoms with Crippen LogP contribution in [0.5, 0.6) is 0 Å². The van der Waals surface area contributed by atoms with Crippen LogP contribution in [0.15, 0.2) is 46.8 Å². The third-order valence-electron chi connectivity index (χ3n) is 3.01. The van der Waals surface area contributed by atoms with Gasteiger partial charge in [-0.15, -0.1) is 11.3 Å². The summed E-state index contributed by atoms with van der Waals surface area (Å²) in [6.07, 6.45) is 0. The number of amides is 1. The minimum atomic E-state index is -0.416. The fourth-order valence-electron chi connectivity index (χ4n) is 1.87. The summed E-state index contributed by atoms with van der Waals surface area (Å²) in [7, 11) is 0. The molecule has 0 spiro atoms. The van der Waals surface area contributed by atoms with Crippen molar-refractivity contribution in [3.8, 4) is 0 Å². The second kappa shape index (κ2) is 8.19. The minimum Gasteiger partial charge on any atom is -0.366 e. The van der Waals surface area contributed by atoms with Crippen LogP contribution in [0.1, 0.15) is 27.7 Å². The molecule has 0 bridgehead atoms. The molecule has 0 atom stereocenters. The first-order valence-electron chi connectivity index (χ1n) is 7.12. The highest BCUT2D eigenvalue weighted by Gasteiger charge is 2.01. The number of aliphatic imine (C=N–C) groups is 1. The molecule has 2 rings (SSSR count). The van der Waals surface area contributed by atoms with Crippen molar-refractivity contribution >= 4 is 23.2 Å². The van der Waals surface area contributed by atoms with Gasteiger partial charge >= 0.3 is 0 Å². The smallest absolute Gasteiger partial charge is 0.248 e. The van der Waals surface area contributed by atoms with Crippen molar-refractivity contribution in [2.45, 2.75) is 20.0 Å². The highest BCUT2D eigenvalue weighted by atomic mass is 32.1. The lowest BCUT2D eigenvalue weighted by Crippen LogP contribution is -2.36. The second-order valence-electron chi connectivity index (χ2n) is 4.69. The molecular formula is C16H20N4OS. The number of guanidine groups is 1. The monoisotopic (exact) mass is 316 g/mol. The first-order chi connectivity index (χ1) is 10.7. The number of hydrogen-bond donors (Lipinski definition) is 3. The molecule has 0 radical (unpaired) electrons. The van der Waals surface area contributed by atoms with Crippen molar-refractivity contribution < 1.29 is 4.79 Å². The molecule has 4 N–H and O–H groups in total. The molecule has 5 nitrogen and oxygen atoms in total. The Morgan fingerprint density at radius 1 is 1.23 bits per heavy atom. The molecule has 1 amide bonds. The van der Waals surface area contributed by atoms with Crippen LogP contribution in [0.2, 0.25) is 0 Å². The number of rotatable bonds is 6. The highest BCUT2D eigenvalue weighted by molar-refractivity contribution is 7.09. The van der Waals surface area contributed by atoms with E-state index in [1.807, 2.05) is 25.1 Å². The fraction of sp³-hybridized carbons (Fsp3) is 0.250. The van der Waals surface area contributed by atoms with E-state index in [9.17, 15) is 4.79 Å². The van der Waals surface area contributed by atoms with Gasteiger partial charge in [0, 0.05) is 17.0 Å². The van der Waals surface area contributed by atoms with Gasteiger partial charge in [-0.05, 0) is 36.1 Å². The van der Waals surface area contributed by atoms with Crippen LogP contribution in [-0.4, -0.2) is 18.4 Å². The van der Waals surface area contributed by atoms with Gasteiger partial charge in [0.25, 0.3) is 0 Å². The van der Waals surface area contributed by atoms with Crippen molar-refractivity contribution in [3.05, 3.63) is 57.8 Å². The first-order valence-corrected chi connectivity index (χ1v) is 8.00. The van der Waals surface area contributed by atoms with Crippen LogP contribution in [0, 0.1) is 0 Å². The first kappa shape index (κ1) is 16.0. The number of primary amides is 1. The van der Waals surface area contributed by atoms with Gasteiger partial charge in [0.1, 0.15) is 0 Å². The van der Waals surface area contributed by atoms with E-state index in [-0.39, 0.29) is 0 Å². The molecule has 0 unspecified atom stereocenters. The molecule has 6 heteroatoms. The SMILES string of the molecule is CCNC(=NCc1ccc(C(N)=O)cc1)NCc1cccs1. The number of nitrogens with one attached hydrogen (secondary N) is 2. The van der Waals surface area contributed by atoms with Crippen LogP contribution in [0.3, 0.4) is 0 Å². The number of nitrogens with zero attached hydrogens (tertiary/aromatic N) is 1. The molecular weight excluding hydrogens is 296 g/mol. The van der Waals surface area contributed by atoms with Gasteiger partial charge < -0.3 is 16.4 Å². The Morgan fingerprint density at radius 3 is 2.59 bits per heavy atom. The molecule has 0 aliphatic heterocycles. The Kier molecular flexibility index (Phi) is 5.97. The molecule has 0 aliphatic rings. The fourth-order valence-corrected chi connectivity index (χ4v) is 2.52. The van der Waals surface area contributed by atoms with E-state index >= 15 is 0 Å². The van der Waals surface area contributed by atoms with Gasteiger partial charge in [-0.2, -0.15) is 0 Å². The van der Waals surface area contributed by atoms with Crippen molar-refractivity contribution in [1.29, 1.82) is 0 Å². The summed E-state index contributed by atoms with van der Waals surface area (Å²) in [5.41, 5.74) is 6.76. The zero-order valence-electron chi connectivity index (χ0n) is 12.5. The molecule has 0 saturated heterocycles. The number of hydrogen-bond acceptors (Lipinski definition) is 3. The van der Waals surface area contributed by atoms with Gasteiger partial charge in [-0.25, -0.2) is 4.99 Å². The zero-order valence-corrected chi connectivity index (χ0v) is 13.3. The Balaban J connectivity index is 1.95. The Bertz CT molecular complexity index is 620. The van der Waals surface area contributed by atoms with E-state index < -0.39 is 5.91 Å². The Morgan fingerprint density at radius 2 is 2.00 bits per heavy atom. The van der Waals surface area contributed by atoms with Crippen molar-refractivity contribution in [2.24, 2.45) is 10.7 Å². The molecule has 1 aromatic heterocycles. The van der Waals surface area contributed by atoms with Crippen LogP contribution >= 0.6 is 11.3 Å². The van der Waals surface area contributed by atoms with E-state index in [1.165, 1.54) is 4.88 Å². The number of benzene rings is 1. The lowest BCUT2D eigenvalue weighted by atomic mass is 10.1. The average molecular weight is 316 g/mol. The summed E-state index contributed by atoms with van der Waals surface area (Å²) in [5.74, 6) is 0.357. The molecule has 22 heavy (non-hydrogen) atoms. The average Bonchev–Trinajstić information content (AvgIpc) is 3.04. The molecule has 0 aliphatic carbocycles. The summed E-state index contributed by atoms with van der Waals surface area (Å²) in [6.45, 7) is 4.13. The maximum atomic E-state index is 11.0. The van der Waals surface area contributed by atoms with Gasteiger partial charge in [0.15, 0.2) is 5.96 Å². The summed E-state index contributed by atoms with van der Waals surface area (Å²) >= 11 is 1.71. The van der Waals surface area contributed by atoms with E-state index in [1.54, 1.807) is 23.5 Å². The van der Waals surface area contributed by atoms with Crippen molar-refractivity contribution in [3.63, 3.8) is 0 Å². The summed E-state index contributed by atoms with van der Waals surface area (Å²) < 4.78 is 0. The summed E-state index contributed by atoms with van der Waals surface area (Å²) in [5, 5.41) is 8.57.